The van der Waals surface area contributed by atoms with Crippen molar-refractivity contribution in [2.75, 3.05) is 37.4 Å². The van der Waals surface area contributed by atoms with Gasteiger partial charge in [-0.3, -0.25) is 9.79 Å². The van der Waals surface area contributed by atoms with Crippen LogP contribution < -0.4 is 21.5 Å². The number of fused-ring (bicyclic) bond motifs is 1. The maximum absolute atomic E-state index is 13.5. The van der Waals surface area contributed by atoms with Crippen LogP contribution in [0.25, 0.3) is 0 Å². The van der Waals surface area contributed by atoms with Crippen LogP contribution in [-0.4, -0.2) is 63.3 Å². The maximum atomic E-state index is 13.5. The number of carbonyl (C=O) groups is 1. The highest BCUT2D eigenvalue weighted by Crippen LogP contribution is 2.31. The van der Waals surface area contributed by atoms with Gasteiger partial charge in [0.2, 0.25) is 15.9 Å². The van der Waals surface area contributed by atoms with E-state index < -0.39 is 16.1 Å². The number of amides is 1. The Labute approximate surface area is 207 Å². The first-order chi connectivity index (χ1) is 16.2. The van der Waals surface area contributed by atoms with Gasteiger partial charge < -0.3 is 21.7 Å². The van der Waals surface area contributed by atoms with Crippen LogP contribution in [0.4, 0.5) is 5.69 Å². The summed E-state index contributed by atoms with van der Waals surface area (Å²) in [5.74, 6) is 1.30. The van der Waals surface area contributed by atoms with Gasteiger partial charge in [-0.2, -0.15) is 4.72 Å². The molecule has 9 nitrogen and oxygen atoms in total. The van der Waals surface area contributed by atoms with Crippen LogP contribution >= 0.6 is 11.6 Å². The van der Waals surface area contributed by atoms with E-state index in [9.17, 15) is 13.2 Å². The zero-order valence-corrected chi connectivity index (χ0v) is 21.4. The van der Waals surface area contributed by atoms with Crippen LogP contribution in [-0.2, 0) is 21.2 Å². The van der Waals surface area contributed by atoms with Gasteiger partial charge in [0.1, 0.15) is 10.9 Å². The van der Waals surface area contributed by atoms with Gasteiger partial charge in [-0.15, -0.1) is 11.6 Å². The number of nitrogens with two attached hydrogens (primary N) is 2. The van der Waals surface area contributed by atoms with E-state index in [1.807, 2.05) is 6.07 Å². The van der Waals surface area contributed by atoms with Crippen molar-refractivity contribution in [2.24, 2.45) is 28.3 Å². The topological polar surface area (TPSA) is 143 Å². The van der Waals surface area contributed by atoms with E-state index in [0.29, 0.717) is 62.4 Å². The Kier molecular flexibility index (Phi) is 9.44. The molecular formula is C23H37ClN6O3S. The Morgan fingerprint density at radius 2 is 2.06 bits per heavy atom. The van der Waals surface area contributed by atoms with Gasteiger partial charge in [0.15, 0.2) is 5.96 Å². The second-order valence-electron chi connectivity index (χ2n) is 9.35. The van der Waals surface area contributed by atoms with Gasteiger partial charge in [-0.25, -0.2) is 8.42 Å². The Bertz CT molecular complexity index is 975. The van der Waals surface area contributed by atoms with Crippen molar-refractivity contribution in [3.05, 3.63) is 23.8 Å². The number of guanidine groups is 1. The molecule has 3 rings (SSSR count). The van der Waals surface area contributed by atoms with Crippen molar-refractivity contribution in [2.45, 2.75) is 56.4 Å². The molecule has 2 aliphatic heterocycles. The van der Waals surface area contributed by atoms with Crippen molar-refractivity contribution in [1.82, 2.24) is 9.62 Å². The number of nitrogens with zero attached hydrogens (tertiary/aromatic N) is 2. The number of anilines is 1. The van der Waals surface area contributed by atoms with Crippen molar-refractivity contribution >= 4 is 39.2 Å². The number of sulfonamides is 1. The van der Waals surface area contributed by atoms with Crippen molar-refractivity contribution in [1.29, 1.82) is 0 Å². The molecule has 0 aliphatic carbocycles. The standard InChI is InChI=1S/C23H37ClN6O3S/c1-16-14-18-4-2-6-20(21(18)28-15-16)34(32,33)29-19(5-3-11-27-23(25)26)22(31)30-12-8-17(7-10-24)9-13-30/h2,4,6,16-17,19,28-29H,3,5,7-15H2,1H3,(H4,25,26,27). The maximum Gasteiger partial charge on any atom is 0.243 e. The number of nitrogens with one attached hydrogen (secondary N) is 2. The third-order valence-electron chi connectivity index (χ3n) is 6.58. The largest absolute Gasteiger partial charge is 0.383 e. The zero-order chi connectivity index (χ0) is 24.7. The fourth-order valence-corrected chi connectivity index (χ4v) is 6.46. The predicted molar refractivity (Wildman–Crippen MR) is 136 cm³/mol. The van der Waals surface area contributed by atoms with E-state index in [1.165, 1.54) is 0 Å². The summed E-state index contributed by atoms with van der Waals surface area (Å²) in [6.45, 7) is 4.36. The number of aliphatic imine (C=N–C) groups is 1. The average molecular weight is 513 g/mol. The number of alkyl halides is 1. The first-order valence-corrected chi connectivity index (χ1v) is 14.0. The first-order valence-electron chi connectivity index (χ1n) is 12.0. The molecule has 2 heterocycles. The molecule has 2 unspecified atom stereocenters. The minimum atomic E-state index is -3.94. The lowest BCUT2D eigenvalue weighted by Crippen LogP contribution is -2.50. The fraction of sp³-hybridized carbons (Fsp3) is 0.652. The number of hydrogen-bond donors (Lipinski definition) is 4. The summed E-state index contributed by atoms with van der Waals surface area (Å²) in [4.78, 5) is 19.3. The van der Waals surface area contributed by atoms with Gasteiger partial charge >= 0.3 is 0 Å². The molecule has 0 saturated carbocycles. The highest BCUT2D eigenvalue weighted by molar-refractivity contribution is 7.89. The van der Waals surface area contributed by atoms with Gasteiger partial charge in [0.25, 0.3) is 0 Å². The van der Waals surface area contributed by atoms with Crippen LogP contribution in [0.2, 0.25) is 0 Å². The molecule has 1 aromatic carbocycles. The molecule has 0 spiro atoms. The Balaban J connectivity index is 1.77. The second-order valence-corrected chi connectivity index (χ2v) is 11.4. The quantitative estimate of drug-likeness (QED) is 0.163. The van der Waals surface area contributed by atoms with Crippen molar-refractivity contribution in [3.8, 4) is 0 Å². The van der Waals surface area contributed by atoms with E-state index in [1.54, 1.807) is 17.0 Å². The third-order valence-corrected chi connectivity index (χ3v) is 8.31. The molecule has 1 aromatic rings. The number of piperidine rings is 1. The lowest BCUT2D eigenvalue weighted by Gasteiger charge is -2.34. The molecule has 1 amide bonds. The SMILES string of the molecule is CC1CNc2c(cccc2S(=O)(=O)NC(CCCN=C(N)N)C(=O)N2CCC(CCCl)CC2)C1. The number of para-hydroxylation sites is 1. The molecule has 11 heteroatoms. The number of carbonyl (C=O) groups excluding carboxylic acids is 1. The van der Waals surface area contributed by atoms with E-state index in [0.717, 1.165) is 31.2 Å². The lowest BCUT2D eigenvalue weighted by atomic mass is 9.94. The summed E-state index contributed by atoms with van der Waals surface area (Å²) in [6.07, 6.45) is 4.27. The molecule has 6 N–H and O–H groups in total. The molecule has 0 radical (unpaired) electrons. The summed E-state index contributed by atoms with van der Waals surface area (Å²) >= 11 is 5.88. The molecule has 1 fully saturated rings. The number of benzene rings is 1. The molecule has 34 heavy (non-hydrogen) atoms. The van der Waals surface area contributed by atoms with Crippen LogP contribution in [0, 0.1) is 11.8 Å². The molecular weight excluding hydrogens is 476 g/mol. The number of halogens is 1. The summed E-state index contributed by atoms with van der Waals surface area (Å²) in [6, 6.07) is 4.40. The summed E-state index contributed by atoms with van der Waals surface area (Å²) in [5, 5.41) is 3.26. The van der Waals surface area contributed by atoms with E-state index >= 15 is 0 Å². The summed E-state index contributed by atoms with van der Waals surface area (Å²) < 4.78 is 29.6. The minimum Gasteiger partial charge on any atom is -0.383 e. The van der Waals surface area contributed by atoms with Crippen molar-refractivity contribution in [3.63, 3.8) is 0 Å². The van der Waals surface area contributed by atoms with E-state index in [-0.39, 0.29) is 16.8 Å². The summed E-state index contributed by atoms with van der Waals surface area (Å²) in [5.41, 5.74) is 12.4. The Morgan fingerprint density at radius 3 is 2.74 bits per heavy atom. The van der Waals surface area contributed by atoms with E-state index in [2.05, 4.69) is 22.0 Å². The monoisotopic (exact) mass is 512 g/mol. The molecule has 190 valence electrons. The Hall–Kier alpha value is -2.04. The molecule has 0 bridgehead atoms. The highest BCUT2D eigenvalue weighted by atomic mass is 35.5. The number of hydrogen-bond acceptors (Lipinski definition) is 5. The van der Waals surface area contributed by atoms with Crippen LogP contribution in [0.1, 0.15) is 44.6 Å². The number of likely N-dealkylation sites (tertiary alicyclic amines) is 1. The molecule has 2 aliphatic rings. The van der Waals surface area contributed by atoms with Gasteiger partial charge in [0.05, 0.1) is 5.69 Å². The smallest absolute Gasteiger partial charge is 0.243 e. The molecule has 2 atom stereocenters. The van der Waals surface area contributed by atoms with Crippen LogP contribution in [0.15, 0.2) is 28.1 Å². The molecule has 0 aromatic heterocycles. The fourth-order valence-electron chi connectivity index (χ4n) is 4.70. The van der Waals surface area contributed by atoms with Gasteiger partial charge in [-0.05, 0) is 62.0 Å². The minimum absolute atomic E-state index is 0.0268. The first kappa shape index (κ1) is 26.6. The van der Waals surface area contributed by atoms with Crippen molar-refractivity contribution < 1.29 is 13.2 Å². The van der Waals surface area contributed by atoms with Gasteiger partial charge in [-0.1, -0.05) is 19.1 Å². The van der Waals surface area contributed by atoms with Crippen LogP contribution in [0.3, 0.4) is 0 Å². The lowest BCUT2D eigenvalue weighted by molar-refractivity contribution is -0.134. The average Bonchev–Trinajstić information content (AvgIpc) is 2.80. The van der Waals surface area contributed by atoms with E-state index in [4.69, 9.17) is 23.1 Å². The zero-order valence-electron chi connectivity index (χ0n) is 19.8. The normalized spacial score (nSPS) is 19.7. The third kappa shape index (κ3) is 6.99. The Morgan fingerprint density at radius 1 is 1.32 bits per heavy atom. The summed E-state index contributed by atoms with van der Waals surface area (Å²) in [7, 11) is -3.94. The van der Waals surface area contributed by atoms with Gasteiger partial charge in [0, 0.05) is 32.1 Å². The van der Waals surface area contributed by atoms with Crippen LogP contribution in [0.5, 0.6) is 0 Å². The number of rotatable bonds is 10. The predicted octanol–water partition coefficient (Wildman–Crippen LogP) is 1.86. The highest BCUT2D eigenvalue weighted by Gasteiger charge is 2.33. The second kappa shape index (κ2) is 12.1. The molecule has 1 saturated heterocycles.